The highest BCUT2D eigenvalue weighted by Gasteiger charge is 2.34. The van der Waals surface area contributed by atoms with E-state index in [1.807, 2.05) is 44.2 Å². The minimum Gasteiger partial charge on any atom is -0.354 e. The molecule has 0 aliphatic carbocycles. The first-order chi connectivity index (χ1) is 21.5. The highest BCUT2D eigenvalue weighted by Crippen LogP contribution is 2.30. The number of aryl methyl sites for hydroxylation is 1. The van der Waals surface area contributed by atoms with Crippen LogP contribution in [0.2, 0.25) is 15.1 Å². The van der Waals surface area contributed by atoms with Crippen molar-refractivity contribution in [3.63, 3.8) is 0 Å². The monoisotopic (exact) mass is 685 g/mol. The van der Waals surface area contributed by atoms with Crippen LogP contribution in [0.4, 0.5) is 5.69 Å². The van der Waals surface area contributed by atoms with Crippen molar-refractivity contribution < 1.29 is 18.0 Å². The van der Waals surface area contributed by atoms with Gasteiger partial charge < -0.3 is 10.2 Å². The van der Waals surface area contributed by atoms with Gasteiger partial charge in [-0.1, -0.05) is 102 Å². The van der Waals surface area contributed by atoms with E-state index in [1.54, 1.807) is 36.4 Å². The molecule has 0 saturated carbocycles. The summed E-state index contributed by atoms with van der Waals surface area (Å²) in [6.45, 7) is 3.58. The van der Waals surface area contributed by atoms with Crippen LogP contribution >= 0.6 is 34.8 Å². The highest BCUT2D eigenvalue weighted by atomic mass is 35.5. The number of benzene rings is 4. The summed E-state index contributed by atoms with van der Waals surface area (Å²) in [7, 11) is -4.28. The summed E-state index contributed by atoms with van der Waals surface area (Å²) in [6.07, 6.45) is 0.903. The molecule has 0 unspecified atom stereocenters. The molecule has 7 nitrogen and oxygen atoms in total. The van der Waals surface area contributed by atoms with Crippen LogP contribution in [0, 0.1) is 6.92 Å². The molecule has 236 valence electrons. The van der Waals surface area contributed by atoms with Gasteiger partial charge in [0.25, 0.3) is 10.0 Å². The molecule has 2 amide bonds. The van der Waals surface area contributed by atoms with Crippen LogP contribution in [0.5, 0.6) is 0 Å². The number of rotatable bonds is 13. The van der Waals surface area contributed by atoms with Crippen molar-refractivity contribution in [3.8, 4) is 0 Å². The predicted molar refractivity (Wildman–Crippen MR) is 181 cm³/mol. The molecule has 1 atom stereocenters. The highest BCUT2D eigenvalue weighted by molar-refractivity contribution is 7.92. The number of hydrogen-bond donors (Lipinski definition) is 1. The first-order valence-corrected chi connectivity index (χ1v) is 17.0. The van der Waals surface area contributed by atoms with Gasteiger partial charge in [-0.25, -0.2) is 8.42 Å². The summed E-state index contributed by atoms with van der Waals surface area (Å²) in [5.41, 5.74) is 2.50. The molecule has 0 aliphatic rings. The number of anilines is 1. The second-order valence-corrected chi connectivity index (χ2v) is 13.8. The maximum Gasteiger partial charge on any atom is 0.264 e. The van der Waals surface area contributed by atoms with E-state index in [2.05, 4.69) is 5.32 Å². The van der Waals surface area contributed by atoms with Crippen LogP contribution in [0.15, 0.2) is 102 Å². The van der Waals surface area contributed by atoms with Crippen LogP contribution in [0.25, 0.3) is 0 Å². The summed E-state index contributed by atoms with van der Waals surface area (Å²) < 4.78 is 29.3. The van der Waals surface area contributed by atoms with Crippen molar-refractivity contribution in [1.82, 2.24) is 10.2 Å². The average Bonchev–Trinajstić information content (AvgIpc) is 3.00. The molecule has 45 heavy (non-hydrogen) atoms. The SMILES string of the molecule is CCCNC(=O)[C@H](Cc1ccccc1)N(Cc1cccc(Cl)c1)C(=O)CN(c1cc(Cl)cc(Cl)c1)S(=O)(=O)c1ccc(C)cc1. The molecule has 4 aromatic rings. The van der Waals surface area contributed by atoms with Crippen molar-refractivity contribution in [1.29, 1.82) is 0 Å². The minimum atomic E-state index is -4.28. The van der Waals surface area contributed by atoms with Gasteiger partial charge in [0.2, 0.25) is 11.8 Å². The van der Waals surface area contributed by atoms with Crippen molar-refractivity contribution in [2.24, 2.45) is 0 Å². The zero-order chi connectivity index (χ0) is 32.6. The Balaban J connectivity index is 1.82. The van der Waals surface area contributed by atoms with E-state index < -0.39 is 28.5 Å². The first kappa shape index (κ1) is 34.3. The number of sulfonamides is 1. The third-order valence-corrected chi connectivity index (χ3v) is 9.55. The first-order valence-electron chi connectivity index (χ1n) is 14.4. The Morgan fingerprint density at radius 2 is 1.44 bits per heavy atom. The van der Waals surface area contributed by atoms with E-state index in [1.165, 1.54) is 35.2 Å². The predicted octanol–water partition coefficient (Wildman–Crippen LogP) is 7.32. The molecule has 0 spiro atoms. The zero-order valence-electron chi connectivity index (χ0n) is 24.9. The average molecular weight is 687 g/mol. The maximum absolute atomic E-state index is 14.5. The Hall–Kier alpha value is -3.56. The summed E-state index contributed by atoms with van der Waals surface area (Å²) in [6, 6.07) is 26.0. The third kappa shape index (κ3) is 9.23. The maximum atomic E-state index is 14.5. The molecular formula is C34H34Cl3N3O4S. The fourth-order valence-electron chi connectivity index (χ4n) is 4.80. The lowest BCUT2D eigenvalue weighted by Gasteiger charge is -2.34. The van der Waals surface area contributed by atoms with Crippen LogP contribution in [0.3, 0.4) is 0 Å². The van der Waals surface area contributed by atoms with Crippen molar-refractivity contribution in [2.75, 3.05) is 17.4 Å². The zero-order valence-corrected chi connectivity index (χ0v) is 28.0. The van der Waals surface area contributed by atoms with Gasteiger partial charge in [-0.15, -0.1) is 0 Å². The van der Waals surface area contributed by atoms with Crippen molar-refractivity contribution in [2.45, 2.75) is 44.2 Å². The molecule has 0 heterocycles. The number of hydrogen-bond acceptors (Lipinski definition) is 4. The molecular weight excluding hydrogens is 653 g/mol. The molecule has 4 aromatic carbocycles. The summed E-state index contributed by atoms with van der Waals surface area (Å²) in [5, 5.41) is 3.79. The van der Waals surface area contributed by atoms with E-state index in [9.17, 15) is 18.0 Å². The lowest BCUT2D eigenvalue weighted by molar-refractivity contribution is -0.140. The molecule has 0 fully saturated rings. The molecule has 0 aliphatic heterocycles. The van der Waals surface area contributed by atoms with Crippen LogP contribution < -0.4 is 9.62 Å². The number of halogens is 3. The molecule has 4 rings (SSSR count). The summed E-state index contributed by atoms with van der Waals surface area (Å²) in [4.78, 5) is 29.6. The molecule has 11 heteroatoms. The second kappa shape index (κ2) is 15.6. The van der Waals surface area contributed by atoms with Gasteiger partial charge in [0.1, 0.15) is 12.6 Å². The van der Waals surface area contributed by atoms with E-state index in [0.29, 0.717) is 23.6 Å². The van der Waals surface area contributed by atoms with Crippen LogP contribution in [-0.2, 0) is 32.6 Å². The molecule has 1 N–H and O–H groups in total. The van der Waals surface area contributed by atoms with Gasteiger partial charge in [-0.05, 0) is 66.9 Å². The fraction of sp³-hybridized carbons (Fsp3) is 0.235. The minimum absolute atomic E-state index is 0.00512. The number of nitrogens with one attached hydrogen (secondary N) is 1. The van der Waals surface area contributed by atoms with Gasteiger partial charge in [-0.2, -0.15) is 0 Å². The third-order valence-electron chi connectivity index (χ3n) is 7.09. The van der Waals surface area contributed by atoms with Gasteiger partial charge >= 0.3 is 0 Å². The van der Waals surface area contributed by atoms with Gasteiger partial charge in [-0.3, -0.25) is 13.9 Å². The van der Waals surface area contributed by atoms with Crippen molar-refractivity contribution in [3.05, 3.63) is 129 Å². The summed E-state index contributed by atoms with van der Waals surface area (Å²) in [5.74, 6) is -0.954. The summed E-state index contributed by atoms with van der Waals surface area (Å²) >= 11 is 18.9. The van der Waals surface area contributed by atoms with Crippen LogP contribution in [0.1, 0.15) is 30.0 Å². The molecule has 0 saturated heterocycles. The smallest absolute Gasteiger partial charge is 0.264 e. The van der Waals surface area contributed by atoms with E-state index in [-0.39, 0.29) is 39.5 Å². The van der Waals surface area contributed by atoms with Gasteiger partial charge in [0, 0.05) is 34.6 Å². The quantitative estimate of drug-likeness (QED) is 0.160. The lowest BCUT2D eigenvalue weighted by atomic mass is 10.0. The molecule has 0 radical (unpaired) electrons. The Labute approximate surface area is 279 Å². The Morgan fingerprint density at radius 3 is 2.07 bits per heavy atom. The molecule has 0 bridgehead atoms. The normalized spacial score (nSPS) is 11.9. The standard InChI is InChI=1S/C34H34Cl3N3O4S/c1-3-16-38-34(42)32(18-25-8-5-4-6-9-25)39(22-26-10-7-11-27(35)17-26)33(41)23-40(30-20-28(36)19-29(37)21-30)45(43,44)31-14-12-24(2)13-15-31/h4-15,17,19-21,32H,3,16,18,22-23H2,1-2H3,(H,38,42)/t32-/m0/s1. The van der Waals surface area contributed by atoms with Gasteiger partial charge in [0.15, 0.2) is 0 Å². The van der Waals surface area contributed by atoms with Gasteiger partial charge in [0.05, 0.1) is 10.6 Å². The van der Waals surface area contributed by atoms with E-state index in [0.717, 1.165) is 15.4 Å². The Bertz CT molecular complexity index is 1720. The number of amides is 2. The number of nitrogens with zero attached hydrogens (tertiary/aromatic N) is 2. The Morgan fingerprint density at radius 1 is 0.800 bits per heavy atom. The molecule has 0 aromatic heterocycles. The van der Waals surface area contributed by atoms with Crippen LogP contribution in [-0.4, -0.2) is 44.3 Å². The van der Waals surface area contributed by atoms with Crippen molar-refractivity contribution >= 4 is 62.3 Å². The number of carbonyl (C=O) groups is 2. The second-order valence-electron chi connectivity index (χ2n) is 10.6. The lowest BCUT2D eigenvalue weighted by Crippen LogP contribution is -2.53. The fourth-order valence-corrected chi connectivity index (χ4v) is 6.93. The Kier molecular flexibility index (Phi) is 11.9. The van der Waals surface area contributed by atoms with E-state index >= 15 is 0 Å². The largest absolute Gasteiger partial charge is 0.354 e. The number of carbonyl (C=O) groups excluding carboxylic acids is 2. The topological polar surface area (TPSA) is 86.8 Å². The van der Waals surface area contributed by atoms with E-state index in [4.69, 9.17) is 34.8 Å².